The maximum Gasteiger partial charge on any atom is 0.126 e. The molecule has 2 unspecified atom stereocenters. The number of aliphatic hydroxyl groups excluding tert-OH is 2. The molecule has 1 aliphatic rings. The molecule has 0 saturated carbocycles. The predicted molar refractivity (Wildman–Crippen MR) is 170 cm³/mol. The molecule has 2 atom stereocenters. The monoisotopic (exact) mass is 544 g/mol. The van der Waals surface area contributed by atoms with Crippen LogP contribution in [-0.4, -0.2) is 34.1 Å². The maximum absolute atomic E-state index is 10.3. The number of aryl methyl sites for hydroxylation is 1. The average molecular weight is 545 g/mol. The Balaban J connectivity index is 1.60. The molecule has 5 rings (SSSR count). The third kappa shape index (κ3) is 6.30. The van der Waals surface area contributed by atoms with Crippen LogP contribution >= 0.6 is 0 Å². The number of hydrogen-bond donors (Lipinski definition) is 3. The van der Waals surface area contributed by atoms with Crippen LogP contribution in [0.5, 0.6) is 0 Å². The summed E-state index contributed by atoms with van der Waals surface area (Å²) in [5.74, 6) is 0. The molecule has 0 heterocycles. The molecule has 0 saturated heterocycles. The van der Waals surface area contributed by atoms with Crippen LogP contribution in [0, 0.1) is 0 Å². The zero-order valence-electron chi connectivity index (χ0n) is 23.9. The van der Waals surface area contributed by atoms with Crippen molar-refractivity contribution in [3.63, 3.8) is 0 Å². The summed E-state index contributed by atoms with van der Waals surface area (Å²) in [5, 5.41) is 24.2. The Morgan fingerprint density at radius 1 is 0.780 bits per heavy atom. The lowest BCUT2D eigenvalue weighted by Crippen LogP contribution is -2.40. The second-order valence-corrected chi connectivity index (χ2v) is 10.2. The quantitative estimate of drug-likeness (QED) is 0.199. The molecule has 1 aliphatic carbocycles. The van der Waals surface area contributed by atoms with Crippen LogP contribution in [0.15, 0.2) is 119 Å². The number of aliphatic imine (C=N–C) groups is 2. The molecule has 0 amide bonds. The first-order valence-electron chi connectivity index (χ1n) is 14.0. The standard InChI is InChI=1S/C35H36N4O2/c1-5-26-15-17-28(18-16-26)36-33-21-23(2)35(31-14-10-9-13-30(31)33)38-32-20-19-29(39(24(3)40)25(4)41)22-34(32)37-27-11-7-6-8-12-27/h6-22,24-25,37,40-41H,5H2,1-4H3. The number of rotatable bonds is 8. The van der Waals surface area contributed by atoms with E-state index < -0.39 is 12.5 Å². The summed E-state index contributed by atoms with van der Waals surface area (Å²) in [6.45, 7) is 7.48. The predicted octanol–water partition coefficient (Wildman–Crippen LogP) is 7.68. The minimum atomic E-state index is -0.872. The van der Waals surface area contributed by atoms with Gasteiger partial charge in [0, 0.05) is 22.5 Å². The van der Waals surface area contributed by atoms with E-state index in [1.165, 1.54) is 5.56 Å². The topological polar surface area (TPSA) is 80.5 Å². The van der Waals surface area contributed by atoms with Gasteiger partial charge in [0.2, 0.25) is 0 Å². The Kier molecular flexibility index (Phi) is 8.43. The fourth-order valence-corrected chi connectivity index (χ4v) is 5.09. The highest BCUT2D eigenvalue weighted by Gasteiger charge is 2.22. The van der Waals surface area contributed by atoms with Crippen molar-refractivity contribution < 1.29 is 10.2 Å². The normalized spacial score (nSPS) is 16.2. The molecule has 4 aromatic carbocycles. The minimum absolute atomic E-state index is 0.678. The lowest BCUT2D eigenvalue weighted by Gasteiger charge is -2.31. The van der Waals surface area contributed by atoms with E-state index in [1.807, 2.05) is 60.7 Å². The van der Waals surface area contributed by atoms with Crippen molar-refractivity contribution in [2.45, 2.75) is 46.6 Å². The van der Waals surface area contributed by atoms with Crippen molar-refractivity contribution in [2.75, 3.05) is 10.2 Å². The van der Waals surface area contributed by atoms with Crippen LogP contribution in [0.3, 0.4) is 0 Å². The summed E-state index contributed by atoms with van der Waals surface area (Å²) < 4.78 is 0. The van der Waals surface area contributed by atoms with Crippen molar-refractivity contribution in [1.82, 2.24) is 0 Å². The van der Waals surface area contributed by atoms with Crippen molar-refractivity contribution >= 4 is 39.9 Å². The first-order valence-corrected chi connectivity index (χ1v) is 14.0. The first-order chi connectivity index (χ1) is 19.8. The zero-order valence-corrected chi connectivity index (χ0v) is 23.9. The number of nitrogens with one attached hydrogen (secondary N) is 1. The van der Waals surface area contributed by atoms with Crippen LogP contribution in [0.2, 0.25) is 0 Å². The molecule has 0 aliphatic heterocycles. The van der Waals surface area contributed by atoms with E-state index in [4.69, 9.17) is 9.98 Å². The number of aliphatic hydroxyl groups is 2. The Labute approximate surface area is 242 Å². The van der Waals surface area contributed by atoms with Crippen molar-refractivity contribution in [1.29, 1.82) is 0 Å². The van der Waals surface area contributed by atoms with Gasteiger partial charge in [0.1, 0.15) is 12.5 Å². The Morgan fingerprint density at radius 3 is 2.10 bits per heavy atom. The van der Waals surface area contributed by atoms with Crippen molar-refractivity contribution in [3.05, 3.63) is 125 Å². The molecule has 6 nitrogen and oxygen atoms in total. The van der Waals surface area contributed by atoms with Gasteiger partial charge in [-0.05, 0) is 86.9 Å². The smallest absolute Gasteiger partial charge is 0.126 e. The molecule has 6 heteroatoms. The Bertz CT molecular complexity index is 1600. The van der Waals surface area contributed by atoms with E-state index in [1.54, 1.807) is 18.7 Å². The van der Waals surface area contributed by atoms with Crippen LogP contribution in [-0.2, 0) is 6.42 Å². The van der Waals surface area contributed by atoms with Crippen LogP contribution < -0.4 is 10.2 Å². The van der Waals surface area contributed by atoms with Gasteiger partial charge in [0.25, 0.3) is 0 Å². The molecule has 41 heavy (non-hydrogen) atoms. The van der Waals surface area contributed by atoms with Crippen LogP contribution in [0.1, 0.15) is 44.4 Å². The number of anilines is 3. The molecule has 208 valence electrons. The molecule has 0 aromatic heterocycles. The number of benzene rings is 4. The molecule has 0 bridgehead atoms. The molecule has 4 aromatic rings. The summed E-state index contributed by atoms with van der Waals surface area (Å²) in [6, 6.07) is 32.2. The van der Waals surface area contributed by atoms with Gasteiger partial charge in [-0.15, -0.1) is 0 Å². The van der Waals surface area contributed by atoms with E-state index in [-0.39, 0.29) is 0 Å². The highest BCUT2D eigenvalue weighted by atomic mass is 16.3. The van der Waals surface area contributed by atoms with Crippen LogP contribution in [0.25, 0.3) is 0 Å². The molecular weight excluding hydrogens is 508 g/mol. The molecule has 3 N–H and O–H groups in total. The Hall–Kier alpha value is -4.52. The summed E-state index contributed by atoms with van der Waals surface area (Å²) in [6.07, 6.45) is 1.35. The number of nitrogens with zero attached hydrogens (tertiary/aromatic N) is 3. The SMILES string of the molecule is CCc1ccc(N=C2C=C(C)C(=Nc3ccc(N(C(C)O)C(C)O)cc3Nc3ccccc3)c3ccccc32)cc1. The van der Waals surface area contributed by atoms with Gasteiger partial charge in [-0.2, -0.15) is 0 Å². The second kappa shape index (κ2) is 12.3. The summed E-state index contributed by atoms with van der Waals surface area (Å²) in [4.78, 5) is 11.7. The number of allylic oxidation sites excluding steroid dienone is 2. The van der Waals surface area contributed by atoms with E-state index in [2.05, 4.69) is 61.6 Å². The summed E-state index contributed by atoms with van der Waals surface area (Å²) >= 11 is 0. The van der Waals surface area contributed by atoms with Gasteiger partial charge in [-0.25, -0.2) is 9.98 Å². The third-order valence-corrected chi connectivity index (χ3v) is 7.15. The lowest BCUT2D eigenvalue weighted by atomic mass is 9.89. The van der Waals surface area contributed by atoms with E-state index in [0.717, 1.165) is 57.3 Å². The van der Waals surface area contributed by atoms with Crippen LogP contribution in [0.4, 0.5) is 28.4 Å². The lowest BCUT2D eigenvalue weighted by molar-refractivity contribution is 0.105. The van der Waals surface area contributed by atoms with E-state index >= 15 is 0 Å². The molecule has 0 radical (unpaired) electrons. The van der Waals surface area contributed by atoms with Gasteiger partial charge in [-0.3, -0.25) is 0 Å². The minimum Gasteiger partial charge on any atom is -0.374 e. The molecular formula is C35H36N4O2. The van der Waals surface area contributed by atoms with E-state index in [0.29, 0.717) is 5.69 Å². The van der Waals surface area contributed by atoms with Crippen molar-refractivity contribution in [3.8, 4) is 0 Å². The first kappa shape index (κ1) is 28.0. The number of hydrogen-bond acceptors (Lipinski definition) is 6. The zero-order chi connectivity index (χ0) is 28.9. The highest BCUT2D eigenvalue weighted by Crippen LogP contribution is 2.36. The van der Waals surface area contributed by atoms with Gasteiger partial charge >= 0.3 is 0 Å². The highest BCUT2D eigenvalue weighted by molar-refractivity contribution is 6.28. The largest absolute Gasteiger partial charge is 0.374 e. The fraction of sp³-hybridized carbons (Fsp3) is 0.200. The maximum atomic E-state index is 10.3. The van der Waals surface area contributed by atoms with Gasteiger partial charge in [0.05, 0.1) is 28.5 Å². The van der Waals surface area contributed by atoms with Crippen molar-refractivity contribution in [2.24, 2.45) is 9.98 Å². The third-order valence-electron chi connectivity index (χ3n) is 7.15. The molecule has 0 spiro atoms. The summed E-state index contributed by atoms with van der Waals surface area (Å²) in [7, 11) is 0. The van der Waals surface area contributed by atoms with Gasteiger partial charge in [-0.1, -0.05) is 61.5 Å². The number of para-hydroxylation sites is 1. The van der Waals surface area contributed by atoms with Gasteiger partial charge in [0.15, 0.2) is 0 Å². The average Bonchev–Trinajstić information content (AvgIpc) is 2.96. The van der Waals surface area contributed by atoms with Gasteiger partial charge < -0.3 is 20.4 Å². The number of fused-ring (bicyclic) bond motifs is 1. The Morgan fingerprint density at radius 2 is 1.44 bits per heavy atom. The second-order valence-electron chi connectivity index (χ2n) is 10.2. The summed E-state index contributed by atoms with van der Waals surface area (Å²) in [5.41, 5.74) is 10.1. The molecule has 0 fully saturated rings. The van der Waals surface area contributed by atoms with E-state index in [9.17, 15) is 10.2 Å². The fourth-order valence-electron chi connectivity index (χ4n) is 5.09.